The van der Waals surface area contributed by atoms with Gasteiger partial charge in [-0.1, -0.05) is 15.9 Å². The summed E-state index contributed by atoms with van der Waals surface area (Å²) in [6.45, 7) is 1.54. The highest BCUT2D eigenvalue weighted by Gasteiger charge is 2.27. The molecule has 104 valence electrons. The topological polar surface area (TPSA) is 75.3 Å². The SMILES string of the molecule is C[C@H](NS(=O)(=O)c1ccc(Br)cc1)C(=O)NC1CC1. The lowest BCUT2D eigenvalue weighted by atomic mass is 10.3. The van der Waals surface area contributed by atoms with Crippen molar-refractivity contribution in [1.29, 1.82) is 0 Å². The molecule has 0 radical (unpaired) electrons. The number of amides is 1. The molecule has 1 amide bonds. The number of halogens is 1. The Kier molecular flexibility index (Phi) is 4.27. The first-order valence-electron chi connectivity index (χ1n) is 5.97. The minimum absolute atomic E-state index is 0.141. The van der Waals surface area contributed by atoms with Crippen LogP contribution in [0, 0.1) is 0 Å². The van der Waals surface area contributed by atoms with Crippen LogP contribution < -0.4 is 10.0 Å². The summed E-state index contributed by atoms with van der Waals surface area (Å²) in [6.07, 6.45) is 1.94. The maximum atomic E-state index is 12.1. The number of nitrogens with one attached hydrogen (secondary N) is 2. The van der Waals surface area contributed by atoms with Crippen LogP contribution in [0.5, 0.6) is 0 Å². The van der Waals surface area contributed by atoms with Crippen molar-refractivity contribution in [2.75, 3.05) is 0 Å². The molecular weight excluding hydrogens is 332 g/mol. The van der Waals surface area contributed by atoms with Crippen LogP contribution in [-0.2, 0) is 14.8 Å². The molecule has 0 aromatic heterocycles. The molecule has 0 spiro atoms. The van der Waals surface area contributed by atoms with Gasteiger partial charge in [-0.2, -0.15) is 4.72 Å². The molecule has 2 rings (SSSR count). The van der Waals surface area contributed by atoms with Crippen LogP contribution in [-0.4, -0.2) is 26.4 Å². The van der Waals surface area contributed by atoms with Gasteiger partial charge in [0.25, 0.3) is 0 Å². The molecule has 0 heterocycles. The van der Waals surface area contributed by atoms with Crippen LogP contribution in [0.25, 0.3) is 0 Å². The van der Waals surface area contributed by atoms with Gasteiger partial charge in [0, 0.05) is 10.5 Å². The van der Waals surface area contributed by atoms with E-state index in [1.165, 1.54) is 19.1 Å². The third-order valence-electron chi connectivity index (χ3n) is 2.77. The zero-order chi connectivity index (χ0) is 14.0. The predicted octanol–water partition coefficient (Wildman–Crippen LogP) is 1.39. The monoisotopic (exact) mass is 346 g/mol. The Hall–Kier alpha value is -0.920. The van der Waals surface area contributed by atoms with Crippen LogP contribution >= 0.6 is 15.9 Å². The first-order chi connectivity index (χ1) is 8.88. The molecule has 1 atom stereocenters. The Morgan fingerprint density at radius 2 is 1.89 bits per heavy atom. The second-order valence-electron chi connectivity index (χ2n) is 4.58. The van der Waals surface area contributed by atoms with E-state index >= 15 is 0 Å². The Balaban J connectivity index is 2.03. The molecule has 7 heteroatoms. The summed E-state index contributed by atoms with van der Waals surface area (Å²) in [6, 6.07) is 5.68. The normalized spacial score (nSPS) is 16.9. The summed E-state index contributed by atoms with van der Waals surface area (Å²) < 4.78 is 27.3. The number of rotatable bonds is 5. The van der Waals surface area contributed by atoms with Crippen molar-refractivity contribution < 1.29 is 13.2 Å². The van der Waals surface area contributed by atoms with Gasteiger partial charge in [-0.15, -0.1) is 0 Å². The zero-order valence-corrected chi connectivity index (χ0v) is 12.8. The van der Waals surface area contributed by atoms with Crippen LogP contribution in [0.2, 0.25) is 0 Å². The molecule has 1 fully saturated rings. The minimum Gasteiger partial charge on any atom is -0.352 e. The van der Waals surface area contributed by atoms with E-state index in [0.717, 1.165) is 17.3 Å². The van der Waals surface area contributed by atoms with Gasteiger partial charge < -0.3 is 5.32 Å². The number of hydrogen-bond donors (Lipinski definition) is 2. The molecular formula is C12H15BrN2O3S. The van der Waals surface area contributed by atoms with Crippen molar-refractivity contribution in [3.05, 3.63) is 28.7 Å². The standard InChI is InChI=1S/C12H15BrN2O3S/c1-8(12(16)14-10-4-5-10)15-19(17,18)11-6-2-9(13)3-7-11/h2-3,6-8,10,15H,4-5H2,1H3,(H,14,16)/t8-/m0/s1. The summed E-state index contributed by atoms with van der Waals surface area (Å²) in [5.74, 6) is -0.289. The van der Waals surface area contributed by atoms with Gasteiger partial charge in [-0.3, -0.25) is 4.79 Å². The quantitative estimate of drug-likeness (QED) is 0.845. The van der Waals surface area contributed by atoms with Gasteiger partial charge in [-0.25, -0.2) is 8.42 Å². The van der Waals surface area contributed by atoms with Crippen LogP contribution in [0.1, 0.15) is 19.8 Å². The molecule has 1 aromatic rings. The minimum atomic E-state index is -3.67. The molecule has 1 saturated carbocycles. The predicted molar refractivity (Wildman–Crippen MR) is 75.1 cm³/mol. The Bertz CT molecular complexity index is 567. The lowest BCUT2D eigenvalue weighted by Crippen LogP contribution is -2.45. The van der Waals surface area contributed by atoms with E-state index in [1.807, 2.05) is 0 Å². The number of hydrogen-bond acceptors (Lipinski definition) is 3. The third-order valence-corrected chi connectivity index (χ3v) is 4.86. The van der Waals surface area contributed by atoms with Crippen molar-refractivity contribution in [2.24, 2.45) is 0 Å². The molecule has 0 bridgehead atoms. The van der Waals surface area contributed by atoms with E-state index in [0.29, 0.717) is 0 Å². The van der Waals surface area contributed by atoms with Crippen molar-refractivity contribution in [1.82, 2.24) is 10.0 Å². The molecule has 5 nitrogen and oxygen atoms in total. The van der Waals surface area contributed by atoms with E-state index in [9.17, 15) is 13.2 Å². The highest BCUT2D eigenvalue weighted by atomic mass is 79.9. The number of carbonyl (C=O) groups excluding carboxylic acids is 1. The van der Waals surface area contributed by atoms with Crippen LogP contribution in [0.4, 0.5) is 0 Å². The zero-order valence-electron chi connectivity index (χ0n) is 10.4. The molecule has 2 N–H and O–H groups in total. The second kappa shape index (κ2) is 5.60. The Morgan fingerprint density at radius 3 is 2.42 bits per heavy atom. The lowest BCUT2D eigenvalue weighted by molar-refractivity contribution is -0.122. The van der Waals surface area contributed by atoms with E-state index < -0.39 is 16.1 Å². The first-order valence-corrected chi connectivity index (χ1v) is 8.24. The van der Waals surface area contributed by atoms with E-state index in [2.05, 4.69) is 26.0 Å². The van der Waals surface area contributed by atoms with Gasteiger partial charge in [0.05, 0.1) is 10.9 Å². The summed E-state index contributed by atoms with van der Waals surface area (Å²) in [7, 11) is -3.67. The van der Waals surface area contributed by atoms with Crippen LogP contribution in [0.15, 0.2) is 33.6 Å². The number of carbonyl (C=O) groups is 1. The Labute approximate surface area is 121 Å². The van der Waals surface area contributed by atoms with E-state index in [-0.39, 0.29) is 16.8 Å². The highest BCUT2D eigenvalue weighted by molar-refractivity contribution is 9.10. The summed E-state index contributed by atoms with van der Waals surface area (Å²) >= 11 is 3.24. The fraction of sp³-hybridized carbons (Fsp3) is 0.417. The van der Waals surface area contributed by atoms with Gasteiger partial charge in [0.2, 0.25) is 15.9 Å². The van der Waals surface area contributed by atoms with E-state index in [1.54, 1.807) is 12.1 Å². The molecule has 1 aliphatic carbocycles. The van der Waals surface area contributed by atoms with Crippen molar-refractivity contribution in [2.45, 2.75) is 36.7 Å². The van der Waals surface area contributed by atoms with Gasteiger partial charge in [0.1, 0.15) is 0 Å². The molecule has 0 unspecified atom stereocenters. The van der Waals surface area contributed by atoms with Gasteiger partial charge in [0.15, 0.2) is 0 Å². The molecule has 19 heavy (non-hydrogen) atoms. The Morgan fingerprint density at radius 1 is 1.32 bits per heavy atom. The fourth-order valence-electron chi connectivity index (χ4n) is 1.52. The molecule has 1 aromatic carbocycles. The molecule has 0 aliphatic heterocycles. The van der Waals surface area contributed by atoms with Gasteiger partial charge in [-0.05, 0) is 44.0 Å². The average molecular weight is 347 g/mol. The largest absolute Gasteiger partial charge is 0.352 e. The maximum Gasteiger partial charge on any atom is 0.241 e. The molecule has 1 aliphatic rings. The highest BCUT2D eigenvalue weighted by Crippen LogP contribution is 2.19. The number of sulfonamides is 1. The van der Waals surface area contributed by atoms with Crippen molar-refractivity contribution >= 4 is 31.9 Å². The maximum absolute atomic E-state index is 12.1. The summed E-state index contributed by atoms with van der Waals surface area (Å²) in [4.78, 5) is 11.9. The first kappa shape index (κ1) is 14.5. The van der Waals surface area contributed by atoms with Crippen molar-refractivity contribution in [3.63, 3.8) is 0 Å². The third kappa shape index (κ3) is 4.02. The summed E-state index contributed by atoms with van der Waals surface area (Å²) in [5, 5.41) is 2.76. The van der Waals surface area contributed by atoms with Gasteiger partial charge >= 0.3 is 0 Å². The smallest absolute Gasteiger partial charge is 0.241 e. The molecule has 0 saturated heterocycles. The van der Waals surface area contributed by atoms with Crippen LogP contribution in [0.3, 0.4) is 0 Å². The lowest BCUT2D eigenvalue weighted by Gasteiger charge is -2.14. The number of benzene rings is 1. The van der Waals surface area contributed by atoms with Crippen molar-refractivity contribution in [3.8, 4) is 0 Å². The summed E-state index contributed by atoms with van der Waals surface area (Å²) in [5.41, 5.74) is 0. The van der Waals surface area contributed by atoms with E-state index in [4.69, 9.17) is 0 Å². The average Bonchev–Trinajstić information content (AvgIpc) is 3.12. The second-order valence-corrected chi connectivity index (χ2v) is 7.21. The fourth-order valence-corrected chi connectivity index (χ4v) is 2.99.